The molecule has 0 spiro atoms. The highest BCUT2D eigenvalue weighted by Crippen LogP contribution is 2.37. The van der Waals surface area contributed by atoms with Gasteiger partial charge < -0.3 is 14.8 Å². The second-order valence-electron chi connectivity index (χ2n) is 3.67. The Morgan fingerprint density at radius 1 is 1.59 bits per heavy atom. The van der Waals surface area contributed by atoms with E-state index >= 15 is 0 Å². The number of aryl methyl sites for hydroxylation is 1. The first-order chi connectivity index (χ1) is 8.10. The van der Waals surface area contributed by atoms with Crippen LogP contribution in [0, 0.1) is 0 Å². The SMILES string of the molecule is C=C1Nc2cc(Br)c(CCC(=O)OC)cc2O1. The second kappa shape index (κ2) is 4.79. The summed E-state index contributed by atoms with van der Waals surface area (Å²) in [5.74, 6) is 1.02. The van der Waals surface area contributed by atoms with Crippen molar-refractivity contribution in [2.24, 2.45) is 0 Å². The molecule has 0 fully saturated rings. The molecule has 4 nitrogen and oxygen atoms in total. The summed E-state index contributed by atoms with van der Waals surface area (Å²) in [6, 6.07) is 3.81. The Bertz CT molecular complexity index is 485. The number of halogens is 1. The molecule has 1 aromatic carbocycles. The molecule has 90 valence electrons. The molecule has 1 N–H and O–H groups in total. The molecule has 1 aromatic rings. The maximum Gasteiger partial charge on any atom is 0.305 e. The summed E-state index contributed by atoms with van der Waals surface area (Å²) < 4.78 is 10.9. The van der Waals surface area contributed by atoms with Crippen LogP contribution in [0.5, 0.6) is 5.75 Å². The fraction of sp³-hybridized carbons (Fsp3) is 0.250. The Hall–Kier alpha value is -1.49. The summed E-state index contributed by atoms with van der Waals surface area (Å²) >= 11 is 3.46. The van der Waals surface area contributed by atoms with Crippen LogP contribution < -0.4 is 10.1 Å². The second-order valence-corrected chi connectivity index (χ2v) is 4.52. The average molecular weight is 298 g/mol. The molecule has 0 atom stereocenters. The quantitative estimate of drug-likeness (QED) is 0.872. The Kier molecular flexibility index (Phi) is 3.38. The van der Waals surface area contributed by atoms with Crippen LogP contribution in [-0.2, 0) is 16.0 Å². The largest absolute Gasteiger partial charge is 0.469 e. The van der Waals surface area contributed by atoms with Gasteiger partial charge in [0.2, 0.25) is 0 Å². The molecule has 0 bridgehead atoms. The number of hydrogen-bond donors (Lipinski definition) is 1. The Balaban J connectivity index is 2.16. The number of rotatable bonds is 3. The van der Waals surface area contributed by atoms with E-state index in [1.807, 2.05) is 12.1 Å². The first kappa shape index (κ1) is 12.0. The number of nitrogens with one attached hydrogen (secondary N) is 1. The molecule has 1 aliphatic heterocycles. The smallest absolute Gasteiger partial charge is 0.305 e. The van der Waals surface area contributed by atoms with Gasteiger partial charge in [0, 0.05) is 10.9 Å². The summed E-state index contributed by atoms with van der Waals surface area (Å²) in [4.78, 5) is 11.1. The molecule has 0 amide bonds. The van der Waals surface area contributed by atoms with Gasteiger partial charge >= 0.3 is 5.97 Å². The van der Waals surface area contributed by atoms with Gasteiger partial charge in [0.1, 0.15) is 0 Å². The number of anilines is 1. The lowest BCUT2D eigenvalue weighted by atomic mass is 10.1. The van der Waals surface area contributed by atoms with Crippen LogP contribution in [0.1, 0.15) is 12.0 Å². The van der Waals surface area contributed by atoms with Crippen molar-refractivity contribution >= 4 is 27.6 Å². The number of ether oxygens (including phenoxy) is 2. The lowest BCUT2D eigenvalue weighted by Gasteiger charge is -2.06. The molecular formula is C12H12BrNO3. The maximum atomic E-state index is 11.1. The topological polar surface area (TPSA) is 47.6 Å². The van der Waals surface area contributed by atoms with Crippen LogP contribution in [0.4, 0.5) is 5.69 Å². The zero-order chi connectivity index (χ0) is 12.4. The normalized spacial score (nSPS) is 12.7. The molecule has 0 aliphatic carbocycles. The van der Waals surface area contributed by atoms with E-state index in [1.165, 1.54) is 7.11 Å². The lowest BCUT2D eigenvalue weighted by Crippen LogP contribution is -2.02. The summed E-state index contributed by atoms with van der Waals surface area (Å²) in [6.45, 7) is 3.69. The van der Waals surface area contributed by atoms with Gasteiger partial charge in [0.15, 0.2) is 11.6 Å². The van der Waals surface area contributed by atoms with Crippen molar-refractivity contribution in [3.8, 4) is 5.75 Å². The number of fused-ring (bicyclic) bond motifs is 1. The average Bonchev–Trinajstić information content (AvgIpc) is 2.64. The van der Waals surface area contributed by atoms with Crippen molar-refractivity contribution in [2.45, 2.75) is 12.8 Å². The third-order valence-corrected chi connectivity index (χ3v) is 3.22. The van der Waals surface area contributed by atoms with Gasteiger partial charge in [-0.2, -0.15) is 0 Å². The number of carbonyl (C=O) groups excluding carboxylic acids is 1. The summed E-state index contributed by atoms with van der Waals surface area (Å²) in [7, 11) is 1.39. The summed E-state index contributed by atoms with van der Waals surface area (Å²) in [6.07, 6.45) is 0.957. The van der Waals surface area contributed by atoms with E-state index in [0.29, 0.717) is 18.7 Å². The van der Waals surface area contributed by atoms with E-state index in [0.717, 1.165) is 21.5 Å². The van der Waals surface area contributed by atoms with Crippen molar-refractivity contribution in [1.82, 2.24) is 0 Å². The van der Waals surface area contributed by atoms with Gasteiger partial charge in [-0.3, -0.25) is 4.79 Å². The van der Waals surface area contributed by atoms with E-state index in [-0.39, 0.29) is 5.97 Å². The first-order valence-electron chi connectivity index (χ1n) is 5.13. The molecule has 1 aliphatic rings. The molecule has 5 heteroatoms. The summed E-state index contributed by atoms with van der Waals surface area (Å²) in [5, 5.41) is 3.00. The minimum atomic E-state index is -0.221. The third-order valence-electron chi connectivity index (χ3n) is 2.48. The maximum absolute atomic E-state index is 11.1. The molecule has 0 unspecified atom stereocenters. The zero-order valence-corrected chi connectivity index (χ0v) is 11.0. The predicted octanol–water partition coefficient (Wildman–Crippen LogP) is 2.83. The highest BCUT2D eigenvalue weighted by Gasteiger charge is 2.17. The number of benzene rings is 1. The number of carbonyl (C=O) groups is 1. The molecule has 0 saturated heterocycles. The molecule has 17 heavy (non-hydrogen) atoms. The van der Waals surface area contributed by atoms with Crippen LogP contribution in [0.15, 0.2) is 29.1 Å². The van der Waals surface area contributed by atoms with Crippen LogP contribution in [-0.4, -0.2) is 13.1 Å². The van der Waals surface area contributed by atoms with Gasteiger partial charge in [-0.1, -0.05) is 15.9 Å². The van der Waals surface area contributed by atoms with Gasteiger partial charge in [-0.15, -0.1) is 0 Å². The highest BCUT2D eigenvalue weighted by molar-refractivity contribution is 9.10. The highest BCUT2D eigenvalue weighted by atomic mass is 79.9. The molecular weight excluding hydrogens is 286 g/mol. The van der Waals surface area contributed by atoms with Gasteiger partial charge in [0.25, 0.3) is 0 Å². The molecule has 0 saturated carbocycles. The molecule has 0 aromatic heterocycles. The van der Waals surface area contributed by atoms with Crippen LogP contribution in [0.3, 0.4) is 0 Å². The van der Waals surface area contributed by atoms with E-state index in [4.69, 9.17) is 4.74 Å². The fourth-order valence-electron chi connectivity index (χ4n) is 1.62. The van der Waals surface area contributed by atoms with Gasteiger partial charge in [-0.25, -0.2) is 0 Å². The summed E-state index contributed by atoms with van der Waals surface area (Å²) in [5.41, 5.74) is 1.88. The third kappa shape index (κ3) is 2.61. The standard InChI is InChI=1S/C12H12BrNO3/c1-7-14-10-6-9(13)8(5-11(10)17-7)3-4-12(15)16-2/h5-6,14H,1,3-4H2,2H3. The number of methoxy groups -OCH3 is 1. The Morgan fingerprint density at radius 3 is 3.06 bits per heavy atom. The van der Waals surface area contributed by atoms with Crippen LogP contribution >= 0.6 is 15.9 Å². The van der Waals surface area contributed by atoms with Crippen molar-refractivity contribution in [3.05, 3.63) is 34.6 Å². The minimum absolute atomic E-state index is 0.221. The number of esters is 1. The van der Waals surface area contributed by atoms with Crippen LogP contribution in [0.2, 0.25) is 0 Å². The van der Waals surface area contributed by atoms with E-state index in [1.54, 1.807) is 0 Å². The monoisotopic (exact) mass is 297 g/mol. The fourth-order valence-corrected chi connectivity index (χ4v) is 2.16. The van der Waals surface area contributed by atoms with Crippen molar-refractivity contribution in [2.75, 3.05) is 12.4 Å². The van der Waals surface area contributed by atoms with Crippen molar-refractivity contribution in [1.29, 1.82) is 0 Å². The van der Waals surface area contributed by atoms with E-state index in [9.17, 15) is 4.79 Å². The number of hydrogen-bond acceptors (Lipinski definition) is 4. The molecule has 2 rings (SSSR count). The van der Waals surface area contributed by atoms with Crippen molar-refractivity contribution in [3.63, 3.8) is 0 Å². The zero-order valence-electron chi connectivity index (χ0n) is 9.38. The minimum Gasteiger partial charge on any atom is -0.469 e. The van der Waals surface area contributed by atoms with Crippen molar-refractivity contribution < 1.29 is 14.3 Å². The molecule has 0 radical (unpaired) electrons. The van der Waals surface area contributed by atoms with E-state index < -0.39 is 0 Å². The lowest BCUT2D eigenvalue weighted by molar-refractivity contribution is -0.140. The molecule has 1 heterocycles. The van der Waals surface area contributed by atoms with E-state index in [2.05, 4.69) is 32.6 Å². The Morgan fingerprint density at radius 2 is 2.35 bits per heavy atom. The predicted molar refractivity (Wildman–Crippen MR) is 67.9 cm³/mol. The van der Waals surface area contributed by atoms with Gasteiger partial charge in [0.05, 0.1) is 12.8 Å². The van der Waals surface area contributed by atoms with Crippen LogP contribution in [0.25, 0.3) is 0 Å². The first-order valence-corrected chi connectivity index (χ1v) is 5.92. The van der Waals surface area contributed by atoms with Gasteiger partial charge in [-0.05, 0) is 30.7 Å². The Labute approximate surface area is 108 Å².